The van der Waals surface area contributed by atoms with E-state index in [4.69, 9.17) is 0 Å². The molecule has 0 radical (unpaired) electrons. The summed E-state index contributed by atoms with van der Waals surface area (Å²) < 4.78 is 59.1. The van der Waals surface area contributed by atoms with Gasteiger partial charge in [-0.25, -0.2) is 12.4 Å². The molecule has 8 heteroatoms. The third kappa shape index (κ3) is 2.62. The van der Waals surface area contributed by atoms with Gasteiger partial charge in [-0.3, -0.25) is 4.55 Å². The van der Waals surface area contributed by atoms with E-state index in [0.29, 0.717) is 22.9 Å². The Balaban J connectivity index is 2.31. The summed E-state index contributed by atoms with van der Waals surface area (Å²) in [6.07, 6.45) is 1.72. The molecule has 0 bridgehead atoms. The normalized spacial score (nSPS) is 12.6. The monoisotopic (exact) mass is 365 g/mol. The van der Waals surface area contributed by atoms with Crippen LogP contribution in [0.3, 0.4) is 0 Å². The van der Waals surface area contributed by atoms with Crippen molar-refractivity contribution in [2.75, 3.05) is 0 Å². The van der Waals surface area contributed by atoms with Gasteiger partial charge < -0.3 is 0 Å². The fourth-order valence-electron chi connectivity index (χ4n) is 2.75. The highest BCUT2D eigenvalue weighted by Crippen LogP contribution is 2.29. The molecule has 3 rings (SSSR count). The molecule has 0 amide bonds. The van der Waals surface area contributed by atoms with E-state index in [9.17, 15) is 21.4 Å². The minimum absolute atomic E-state index is 0.138. The van der Waals surface area contributed by atoms with Crippen LogP contribution in [0.5, 0.6) is 0 Å². The smallest absolute Gasteiger partial charge is 0.282 e. The molecule has 0 fully saturated rings. The van der Waals surface area contributed by atoms with Crippen molar-refractivity contribution in [3.05, 3.63) is 60.3 Å². The quantitative estimate of drug-likeness (QED) is 0.718. The molecule has 0 aliphatic carbocycles. The molecule has 2 aromatic carbocycles. The minimum atomic E-state index is -4.37. The second kappa shape index (κ2) is 5.73. The second-order valence-corrected chi connectivity index (χ2v) is 8.44. The van der Waals surface area contributed by atoms with Crippen LogP contribution in [0.4, 0.5) is 0 Å². The summed E-state index contributed by atoms with van der Waals surface area (Å²) >= 11 is 0. The molecule has 3 aromatic rings. The molecular formula is C16H15NO5S2. The number of benzene rings is 2. The van der Waals surface area contributed by atoms with E-state index in [0.717, 1.165) is 3.97 Å². The zero-order valence-electron chi connectivity index (χ0n) is 12.7. The summed E-state index contributed by atoms with van der Waals surface area (Å²) in [7, 11) is -8.16. The van der Waals surface area contributed by atoms with Gasteiger partial charge in [0.05, 0.1) is 15.3 Å². The number of hydrogen-bond acceptors (Lipinski definition) is 4. The summed E-state index contributed by atoms with van der Waals surface area (Å²) in [4.78, 5) is -0.0632. The van der Waals surface area contributed by atoms with Crippen molar-refractivity contribution in [3.63, 3.8) is 0 Å². The standard InChI is InChI=1S/C16H15NO5S2/c1-2-13-14-10-11-17(15(14)8-9-16(13)24(20,21)22)23(18,19)12-6-4-3-5-7-12/h3-11H,2H2,1H3,(H,20,21,22). The molecule has 0 saturated carbocycles. The topological polar surface area (TPSA) is 93.4 Å². The van der Waals surface area contributed by atoms with Crippen molar-refractivity contribution in [3.8, 4) is 0 Å². The lowest BCUT2D eigenvalue weighted by atomic mass is 10.1. The van der Waals surface area contributed by atoms with Crippen LogP contribution in [0.1, 0.15) is 12.5 Å². The van der Waals surface area contributed by atoms with Crippen LogP contribution < -0.4 is 0 Å². The van der Waals surface area contributed by atoms with Crippen LogP contribution in [0, 0.1) is 0 Å². The Bertz CT molecular complexity index is 1110. The van der Waals surface area contributed by atoms with Gasteiger partial charge in [0.25, 0.3) is 20.1 Å². The van der Waals surface area contributed by atoms with Gasteiger partial charge >= 0.3 is 0 Å². The molecule has 0 aliphatic rings. The zero-order valence-corrected chi connectivity index (χ0v) is 14.4. The molecule has 0 aliphatic heterocycles. The van der Waals surface area contributed by atoms with Crippen molar-refractivity contribution < 1.29 is 21.4 Å². The first-order valence-electron chi connectivity index (χ1n) is 7.18. The van der Waals surface area contributed by atoms with Crippen molar-refractivity contribution in [2.24, 2.45) is 0 Å². The summed E-state index contributed by atoms with van der Waals surface area (Å²) in [6, 6.07) is 12.1. The van der Waals surface area contributed by atoms with Gasteiger partial charge in [0.2, 0.25) is 0 Å². The van der Waals surface area contributed by atoms with Crippen LogP contribution in [-0.2, 0) is 26.6 Å². The van der Waals surface area contributed by atoms with Gasteiger partial charge in [-0.2, -0.15) is 8.42 Å². The van der Waals surface area contributed by atoms with E-state index in [1.54, 1.807) is 31.2 Å². The number of hydrogen-bond donors (Lipinski definition) is 1. The predicted molar refractivity (Wildman–Crippen MR) is 90.2 cm³/mol. The fourth-order valence-corrected chi connectivity index (χ4v) is 4.93. The summed E-state index contributed by atoms with van der Waals surface area (Å²) in [5.41, 5.74) is 0.750. The lowest BCUT2D eigenvalue weighted by molar-refractivity contribution is 0.482. The van der Waals surface area contributed by atoms with Crippen molar-refractivity contribution in [2.45, 2.75) is 23.1 Å². The Morgan fingerprint density at radius 3 is 2.21 bits per heavy atom. The lowest BCUT2D eigenvalue weighted by Crippen LogP contribution is -2.12. The predicted octanol–water partition coefficient (Wildman–Crippen LogP) is 2.69. The molecule has 126 valence electrons. The summed E-state index contributed by atoms with van der Waals surface area (Å²) in [5.74, 6) is 0. The number of fused-ring (bicyclic) bond motifs is 1. The van der Waals surface area contributed by atoms with Gasteiger partial charge in [-0.05, 0) is 42.3 Å². The second-order valence-electron chi connectivity index (χ2n) is 5.23. The Hall–Kier alpha value is -2.16. The molecule has 0 unspecified atom stereocenters. The Kier molecular flexibility index (Phi) is 3.98. The highest BCUT2D eigenvalue weighted by molar-refractivity contribution is 7.90. The van der Waals surface area contributed by atoms with Gasteiger partial charge in [0.15, 0.2) is 0 Å². The maximum atomic E-state index is 12.8. The number of rotatable bonds is 4. The molecule has 1 aromatic heterocycles. The van der Waals surface area contributed by atoms with Gasteiger partial charge in [0, 0.05) is 11.6 Å². The van der Waals surface area contributed by atoms with E-state index < -0.39 is 20.1 Å². The zero-order chi connectivity index (χ0) is 17.5. The van der Waals surface area contributed by atoms with E-state index >= 15 is 0 Å². The van der Waals surface area contributed by atoms with Crippen LogP contribution in [0.15, 0.2) is 64.5 Å². The number of aromatic nitrogens is 1. The fraction of sp³-hybridized carbons (Fsp3) is 0.125. The van der Waals surface area contributed by atoms with Crippen molar-refractivity contribution in [1.82, 2.24) is 3.97 Å². The first-order chi connectivity index (χ1) is 11.3. The average molecular weight is 365 g/mol. The third-order valence-electron chi connectivity index (χ3n) is 3.84. The molecule has 24 heavy (non-hydrogen) atoms. The highest BCUT2D eigenvalue weighted by atomic mass is 32.2. The van der Waals surface area contributed by atoms with Crippen LogP contribution in [0.25, 0.3) is 10.9 Å². The minimum Gasteiger partial charge on any atom is -0.282 e. The first-order valence-corrected chi connectivity index (χ1v) is 10.1. The van der Waals surface area contributed by atoms with Gasteiger partial charge in [-0.1, -0.05) is 25.1 Å². The maximum Gasteiger partial charge on any atom is 0.294 e. The van der Waals surface area contributed by atoms with Crippen molar-refractivity contribution >= 4 is 31.0 Å². The van der Waals surface area contributed by atoms with E-state index in [2.05, 4.69) is 0 Å². The largest absolute Gasteiger partial charge is 0.294 e. The molecule has 0 spiro atoms. The highest BCUT2D eigenvalue weighted by Gasteiger charge is 2.22. The Morgan fingerprint density at radius 1 is 0.958 bits per heavy atom. The molecular weight excluding hydrogens is 350 g/mol. The third-order valence-corrected chi connectivity index (χ3v) is 6.48. The van der Waals surface area contributed by atoms with Crippen molar-refractivity contribution in [1.29, 1.82) is 0 Å². The van der Waals surface area contributed by atoms with E-state index in [1.807, 2.05) is 0 Å². The Morgan fingerprint density at radius 2 is 1.62 bits per heavy atom. The molecule has 6 nitrogen and oxygen atoms in total. The molecule has 0 atom stereocenters. The van der Waals surface area contributed by atoms with Crippen LogP contribution in [0.2, 0.25) is 0 Å². The molecule has 1 N–H and O–H groups in total. The van der Waals surface area contributed by atoms with Crippen LogP contribution >= 0.6 is 0 Å². The summed E-state index contributed by atoms with van der Waals surface area (Å²) in [5, 5.41) is 0.479. The summed E-state index contributed by atoms with van der Waals surface area (Å²) in [6.45, 7) is 1.74. The average Bonchev–Trinajstić information content (AvgIpc) is 2.98. The van der Waals surface area contributed by atoms with Crippen LogP contribution in [-0.4, -0.2) is 25.4 Å². The number of nitrogens with zero attached hydrogens (tertiary/aromatic N) is 1. The first kappa shape index (κ1) is 16.7. The lowest BCUT2D eigenvalue weighted by Gasteiger charge is -2.10. The van der Waals surface area contributed by atoms with Gasteiger partial charge in [-0.15, -0.1) is 0 Å². The molecule has 0 saturated heterocycles. The van der Waals surface area contributed by atoms with E-state index in [-0.39, 0.29) is 9.79 Å². The Labute approximate surface area is 140 Å². The SMILES string of the molecule is CCc1c(S(=O)(=O)O)ccc2c1ccn2S(=O)(=O)c1ccccc1. The maximum absolute atomic E-state index is 12.8. The van der Waals surface area contributed by atoms with E-state index in [1.165, 1.54) is 30.5 Å². The van der Waals surface area contributed by atoms with Gasteiger partial charge in [0.1, 0.15) is 0 Å². The number of aryl methyl sites for hydroxylation is 1. The molecule has 1 heterocycles.